The average Bonchev–Trinajstić information content (AvgIpc) is 2.56. The standard InChI is InChI=1S/C17H28N4O.HI/c1-4-6-11-20-17(18-3)21-13-14-8-7-9-15(12-14)16(22)19-10-5-2;/h7-9,12H,4-6,10-11,13H2,1-3H3,(H,19,22)(H2,18,20,21);1H. The summed E-state index contributed by atoms with van der Waals surface area (Å²) in [6.07, 6.45) is 3.21. The molecule has 0 aliphatic rings. The third kappa shape index (κ3) is 8.78. The number of rotatable bonds is 8. The lowest BCUT2D eigenvalue weighted by Gasteiger charge is -2.12. The number of amides is 1. The molecule has 0 aliphatic heterocycles. The lowest BCUT2D eigenvalue weighted by atomic mass is 10.1. The minimum atomic E-state index is -0.0193. The van der Waals surface area contributed by atoms with E-state index in [2.05, 4.69) is 27.9 Å². The van der Waals surface area contributed by atoms with E-state index in [0.29, 0.717) is 18.7 Å². The van der Waals surface area contributed by atoms with Gasteiger partial charge in [-0.05, 0) is 30.5 Å². The summed E-state index contributed by atoms with van der Waals surface area (Å²) in [6, 6.07) is 7.66. The molecule has 1 rings (SSSR count). The summed E-state index contributed by atoms with van der Waals surface area (Å²) < 4.78 is 0. The van der Waals surface area contributed by atoms with Crippen LogP contribution >= 0.6 is 24.0 Å². The molecular weight excluding hydrogens is 403 g/mol. The first-order chi connectivity index (χ1) is 10.7. The molecule has 6 heteroatoms. The molecule has 23 heavy (non-hydrogen) atoms. The first kappa shape index (κ1) is 21.7. The number of carbonyl (C=O) groups excluding carboxylic acids is 1. The van der Waals surface area contributed by atoms with Gasteiger partial charge in [-0.3, -0.25) is 9.79 Å². The van der Waals surface area contributed by atoms with Gasteiger partial charge < -0.3 is 16.0 Å². The van der Waals surface area contributed by atoms with Crippen molar-refractivity contribution in [3.63, 3.8) is 0 Å². The molecule has 1 amide bonds. The van der Waals surface area contributed by atoms with Gasteiger partial charge in [-0.2, -0.15) is 0 Å². The lowest BCUT2D eigenvalue weighted by molar-refractivity contribution is 0.0953. The summed E-state index contributed by atoms with van der Waals surface area (Å²) in [6.45, 7) is 6.45. The van der Waals surface area contributed by atoms with E-state index in [4.69, 9.17) is 0 Å². The number of guanidine groups is 1. The molecular formula is C17H29IN4O. The Labute approximate surface area is 156 Å². The Bertz CT molecular complexity index is 491. The van der Waals surface area contributed by atoms with E-state index in [0.717, 1.165) is 37.3 Å². The van der Waals surface area contributed by atoms with Crippen LogP contribution < -0.4 is 16.0 Å². The molecule has 0 aromatic heterocycles. The summed E-state index contributed by atoms with van der Waals surface area (Å²) in [5.41, 5.74) is 1.75. The van der Waals surface area contributed by atoms with E-state index < -0.39 is 0 Å². The van der Waals surface area contributed by atoms with Crippen LogP contribution in [0, 0.1) is 0 Å². The Morgan fingerprint density at radius 3 is 2.52 bits per heavy atom. The highest BCUT2D eigenvalue weighted by atomic mass is 127. The molecule has 0 unspecified atom stereocenters. The van der Waals surface area contributed by atoms with Crippen LogP contribution in [-0.2, 0) is 6.54 Å². The number of hydrogen-bond donors (Lipinski definition) is 3. The van der Waals surface area contributed by atoms with Crippen LogP contribution in [0.2, 0.25) is 0 Å². The molecule has 0 saturated heterocycles. The van der Waals surface area contributed by atoms with Gasteiger partial charge in [-0.1, -0.05) is 32.4 Å². The largest absolute Gasteiger partial charge is 0.356 e. The topological polar surface area (TPSA) is 65.5 Å². The van der Waals surface area contributed by atoms with Gasteiger partial charge in [-0.15, -0.1) is 24.0 Å². The molecule has 0 atom stereocenters. The SMILES string of the molecule is CCCCNC(=NC)NCc1cccc(C(=O)NCCC)c1.I. The lowest BCUT2D eigenvalue weighted by Crippen LogP contribution is -2.37. The van der Waals surface area contributed by atoms with Crippen LogP contribution in [0.4, 0.5) is 0 Å². The molecule has 0 radical (unpaired) electrons. The van der Waals surface area contributed by atoms with Crippen LogP contribution in [-0.4, -0.2) is 32.0 Å². The fraction of sp³-hybridized carbons (Fsp3) is 0.529. The number of halogens is 1. The van der Waals surface area contributed by atoms with E-state index >= 15 is 0 Å². The number of unbranched alkanes of at least 4 members (excludes halogenated alkanes) is 1. The molecule has 0 spiro atoms. The van der Waals surface area contributed by atoms with E-state index in [1.807, 2.05) is 31.2 Å². The molecule has 0 bridgehead atoms. The zero-order valence-corrected chi connectivity index (χ0v) is 16.6. The van der Waals surface area contributed by atoms with Crippen molar-refractivity contribution in [3.05, 3.63) is 35.4 Å². The van der Waals surface area contributed by atoms with Crippen molar-refractivity contribution in [3.8, 4) is 0 Å². The van der Waals surface area contributed by atoms with Crippen molar-refractivity contribution in [2.45, 2.75) is 39.7 Å². The summed E-state index contributed by atoms with van der Waals surface area (Å²) in [7, 11) is 1.76. The van der Waals surface area contributed by atoms with Gasteiger partial charge in [0.1, 0.15) is 0 Å². The van der Waals surface area contributed by atoms with E-state index in [1.54, 1.807) is 7.05 Å². The first-order valence-electron chi connectivity index (χ1n) is 8.02. The highest BCUT2D eigenvalue weighted by Gasteiger charge is 2.05. The van der Waals surface area contributed by atoms with Crippen LogP contribution in [0.15, 0.2) is 29.3 Å². The van der Waals surface area contributed by atoms with Crippen molar-refractivity contribution in [1.29, 1.82) is 0 Å². The minimum Gasteiger partial charge on any atom is -0.356 e. The highest BCUT2D eigenvalue weighted by Crippen LogP contribution is 2.05. The molecule has 1 aromatic rings. The Morgan fingerprint density at radius 1 is 1.09 bits per heavy atom. The molecule has 0 aliphatic carbocycles. The molecule has 0 heterocycles. The van der Waals surface area contributed by atoms with Crippen molar-refractivity contribution in [1.82, 2.24) is 16.0 Å². The predicted octanol–water partition coefficient (Wildman–Crippen LogP) is 2.91. The quantitative estimate of drug-likeness (QED) is 0.256. The van der Waals surface area contributed by atoms with Crippen molar-refractivity contribution >= 4 is 35.8 Å². The van der Waals surface area contributed by atoms with Crippen LogP contribution in [0.3, 0.4) is 0 Å². The summed E-state index contributed by atoms with van der Waals surface area (Å²) in [5, 5.41) is 9.42. The monoisotopic (exact) mass is 432 g/mol. The van der Waals surface area contributed by atoms with Crippen molar-refractivity contribution < 1.29 is 4.79 Å². The van der Waals surface area contributed by atoms with Gasteiger partial charge in [0, 0.05) is 32.2 Å². The molecule has 0 saturated carbocycles. The Balaban J connectivity index is 0.00000484. The summed E-state index contributed by atoms with van der Waals surface area (Å²) in [4.78, 5) is 16.1. The Hall–Kier alpha value is -1.31. The molecule has 3 N–H and O–H groups in total. The highest BCUT2D eigenvalue weighted by molar-refractivity contribution is 14.0. The zero-order chi connectivity index (χ0) is 16.2. The second kappa shape index (κ2) is 13.2. The summed E-state index contributed by atoms with van der Waals surface area (Å²) >= 11 is 0. The number of nitrogens with one attached hydrogen (secondary N) is 3. The molecule has 0 fully saturated rings. The van der Waals surface area contributed by atoms with Crippen LogP contribution in [0.5, 0.6) is 0 Å². The smallest absolute Gasteiger partial charge is 0.251 e. The van der Waals surface area contributed by atoms with Crippen LogP contribution in [0.1, 0.15) is 49.0 Å². The van der Waals surface area contributed by atoms with Crippen LogP contribution in [0.25, 0.3) is 0 Å². The number of carbonyl (C=O) groups is 1. The Kier molecular flexibility index (Phi) is 12.4. The average molecular weight is 432 g/mol. The number of aliphatic imine (C=N–C) groups is 1. The van der Waals surface area contributed by atoms with Gasteiger partial charge in [0.05, 0.1) is 0 Å². The fourth-order valence-corrected chi connectivity index (χ4v) is 1.95. The van der Waals surface area contributed by atoms with Gasteiger partial charge in [0.25, 0.3) is 5.91 Å². The third-order valence-electron chi connectivity index (χ3n) is 3.23. The molecule has 5 nitrogen and oxygen atoms in total. The number of nitrogens with zero attached hydrogens (tertiary/aromatic N) is 1. The first-order valence-corrected chi connectivity index (χ1v) is 8.02. The van der Waals surface area contributed by atoms with Gasteiger partial charge >= 0.3 is 0 Å². The second-order valence-corrected chi connectivity index (χ2v) is 5.16. The van der Waals surface area contributed by atoms with Crippen molar-refractivity contribution in [2.24, 2.45) is 4.99 Å². The number of hydrogen-bond acceptors (Lipinski definition) is 2. The molecule has 1 aromatic carbocycles. The van der Waals surface area contributed by atoms with Gasteiger partial charge in [0.15, 0.2) is 5.96 Å². The third-order valence-corrected chi connectivity index (χ3v) is 3.23. The maximum Gasteiger partial charge on any atom is 0.251 e. The predicted molar refractivity (Wildman–Crippen MR) is 108 cm³/mol. The number of benzene rings is 1. The van der Waals surface area contributed by atoms with E-state index in [9.17, 15) is 4.79 Å². The summed E-state index contributed by atoms with van der Waals surface area (Å²) in [5.74, 6) is 0.767. The van der Waals surface area contributed by atoms with Gasteiger partial charge in [0.2, 0.25) is 0 Å². The molecule has 130 valence electrons. The minimum absolute atomic E-state index is 0. The fourth-order valence-electron chi connectivity index (χ4n) is 1.95. The normalized spacial score (nSPS) is 10.7. The van der Waals surface area contributed by atoms with E-state index in [1.165, 1.54) is 0 Å². The Morgan fingerprint density at radius 2 is 1.87 bits per heavy atom. The maximum absolute atomic E-state index is 12.0. The van der Waals surface area contributed by atoms with Crippen molar-refractivity contribution in [2.75, 3.05) is 20.1 Å². The maximum atomic E-state index is 12.0. The second-order valence-electron chi connectivity index (χ2n) is 5.16. The van der Waals surface area contributed by atoms with E-state index in [-0.39, 0.29) is 29.9 Å². The van der Waals surface area contributed by atoms with Gasteiger partial charge in [-0.25, -0.2) is 0 Å². The zero-order valence-electron chi connectivity index (χ0n) is 14.3.